The lowest BCUT2D eigenvalue weighted by Gasteiger charge is -2.21. The highest BCUT2D eigenvalue weighted by Crippen LogP contribution is 2.33. The van der Waals surface area contributed by atoms with Crippen molar-refractivity contribution in [2.75, 3.05) is 19.7 Å². The Balaban J connectivity index is 2.23. The molecular weight excluding hydrogens is 384 g/mol. The van der Waals surface area contributed by atoms with Gasteiger partial charge in [-0.05, 0) is 13.8 Å². The highest BCUT2D eigenvalue weighted by atomic mass is 16.6. The van der Waals surface area contributed by atoms with Gasteiger partial charge < -0.3 is 25.0 Å². The summed E-state index contributed by atoms with van der Waals surface area (Å²) in [5.41, 5.74) is -1.07. The van der Waals surface area contributed by atoms with E-state index in [1.165, 1.54) is 10.9 Å². The minimum Gasteiger partial charge on any atom is -0.394 e. The molecule has 29 heavy (non-hydrogen) atoms. The predicted octanol–water partition coefficient (Wildman–Crippen LogP) is -1.39. The van der Waals surface area contributed by atoms with E-state index < -0.39 is 36.7 Å². The summed E-state index contributed by atoms with van der Waals surface area (Å²) in [6.07, 6.45) is -2.03. The lowest BCUT2D eigenvalue weighted by atomic mass is 10.1. The zero-order valence-electron chi connectivity index (χ0n) is 15.9. The molecule has 12 heteroatoms. The van der Waals surface area contributed by atoms with Crippen LogP contribution >= 0.6 is 0 Å². The average Bonchev–Trinajstić information content (AvgIpc) is 3.02. The Bertz CT molecular complexity index is 975. The number of aromatic nitrogens is 4. The van der Waals surface area contributed by atoms with Gasteiger partial charge in [0.05, 0.1) is 19.1 Å². The summed E-state index contributed by atoms with van der Waals surface area (Å²) in [7, 11) is 0. The highest BCUT2D eigenvalue weighted by Gasteiger charge is 2.44. The number of hydrogen-bond acceptors (Lipinski definition) is 10. The van der Waals surface area contributed by atoms with E-state index >= 15 is 0 Å². The second-order valence-electron chi connectivity index (χ2n) is 6.37. The SMILES string of the molecule is CCN(C=Nc1nc(=O)c2nc(C=O)cnc2n1[C@@H]1O[C@H](CO)[C@@H](O)[C@H]1O)CC. The van der Waals surface area contributed by atoms with E-state index in [0.29, 0.717) is 19.4 Å². The zero-order valence-corrected chi connectivity index (χ0v) is 15.9. The average molecular weight is 406 g/mol. The number of aliphatic imine (C=N–C) groups is 1. The van der Waals surface area contributed by atoms with Crippen molar-refractivity contribution in [3.05, 3.63) is 22.2 Å². The van der Waals surface area contributed by atoms with E-state index in [1.54, 1.807) is 0 Å². The van der Waals surface area contributed by atoms with Crippen molar-refractivity contribution in [1.82, 2.24) is 24.4 Å². The molecule has 1 saturated heterocycles. The van der Waals surface area contributed by atoms with E-state index in [1.807, 2.05) is 18.7 Å². The molecule has 1 aliphatic rings. The first-order valence-corrected chi connectivity index (χ1v) is 9.10. The molecule has 0 saturated carbocycles. The van der Waals surface area contributed by atoms with E-state index in [4.69, 9.17) is 4.74 Å². The Kier molecular flexibility index (Phi) is 6.27. The summed E-state index contributed by atoms with van der Waals surface area (Å²) in [5, 5.41) is 30.0. The molecule has 156 valence electrons. The summed E-state index contributed by atoms with van der Waals surface area (Å²) in [5.74, 6) is -0.127. The van der Waals surface area contributed by atoms with Gasteiger partial charge in [0.15, 0.2) is 23.7 Å². The summed E-state index contributed by atoms with van der Waals surface area (Å²) >= 11 is 0. The third-order valence-corrected chi connectivity index (χ3v) is 4.66. The minimum atomic E-state index is -1.45. The molecule has 3 heterocycles. The molecule has 1 fully saturated rings. The normalized spacial score (nSPS) is 24.4. The van der Waals surface area contributed by atoms with Crippen molar-refractivity contribution >= 4 is 29.7 Å². The number of aldehydes is 1. The Morgan fingerprint density at radius 1 is 1.28 bits per heavy atom. The smallest absolute Gasteiger partial charge is 0.302 e. The number of carbonyl (C=O) groups is 1. The molecule has 0 amide bonds. The molecule has 4 atom stereocenters. The van der Waals surface area contributed by atoms with Crippen LogP contribution in [0.5, 0.6) is 0 Å². The van der Waals surface area contributed by atoms with Gasteiger partial charge in [-0.15, -0.1) is 0 Å². The molecule has 0 aromatic carbocycles. The van der Waals surface area contributed by atoms with Crippen molar-refractivity contribution in [3.63, 3.8) is 0 Å². The van der Waals surface area contributed by atoms with Gasteiger partial charge in [-0.2, -0.15) is 4.98 Å². The standard InChI is InChI=1S/C17H22N6O6/c1-3-22(4-2)8-19-17-21-15(28)11-14(18-5-9(6-24)20-11)23(17)16-13(27)12(26)10(7-25)29-16/h5-6,8,10,12-13,16,25-27H,3-4,7H2,1-2H3/t10-,12-,13-,16-/m1/s1. The van der Waals surface area contributed by atoms with Gasteiger partial charge in [0.1, 0.15) is 24.0 Å². The topological polar surface area (TPSA) is 163 Å². The fourth-order valence-electron chi connectivity index (χ4n) is 3.00. The fourth-order valence-corrected chi connectivity index (χ4v) is 3.00. The predicted molar refractivity (Wildman–Crippen MR) is 101 cm³/mol. The first-order valence-electron chi connectivity index (χ1n) is 9.10. The molecule has 2 aromatic rings. The molecule has 0 spiro atoms. The number of hydrogen-bond donors (Lipinski definition) is 3. The molecule has 0 unspecified atom stereocenters. The van der Waals surface area contributed by atoms with Gasteiger partial charge in [0, 0.05) is 13.1 Å². The van der Waals surface area contributed by atoms with Crippen molar-refractivity contribution in [2.24, 2.45) is 4.99 Å². The van der Waals surface area contributed by atoms with Gasteiger partial charge in [-0.3, -0.25) is 14.2 Å². The third-order valence-electron chi connectivity index (χ3n) is 4.66. The van der Waals surface area contributed by atoms with E-state index in [-0.39, 0.29) is 22.8 Å². The molecule has 12 nitrogen and oxygen atoms in total. The highest BCUT2D eigenvalue weighted by molar-refractivity contribution is 5.78. The first kappa shape index (κ1) is 20.9. The van der Waals surface area contributed by atoms with Crippen LogP contribution in [0.25, 0.3) is 11.2 Å². The van der Waals surface area contributed by atoms with Gasteiger partial charge >= 0.3 is 5.56 Å². The monoisotopic (exact) mass is 406 g/mol. The number of carbonyl (C=O) groups excluding carboxylic acids is 1. The first-order chi connectivity index (χ1) is 13.9. The van der Waals surface area contributed by atoms with Crippen LogP contribution in [0, 0.1) is 0 Å². The van der Waals surface area contributed by atoms with E-state index in [0.717, 1.165) is 6.20 Å². The van der Waals surface area contributed by atoms with Crippen LogP contribution in [0.4, 0.5) is 5.95 Å². The van der Waals surface area contributed by atoms with Crippen LogP contribution < -0.4 is 5.56 Å². The number of ether oxygens (including phenoxy) is 1. The number of rotatable bonds is 7. The maximum Gasteiger partial charge on any atom is 0.302 e. The Morgan fingerprint density at radius 2 is 2.00 bits per heavy atom. The van der Waals surface area contributed by atoms with Crippen molar-refractivity contribution < 1.29 is 24.9 Å². The summed E-state index contributed by atoms with van der Waals surface area (Å²) in [6.45, 7) is 4.64. The maximum atomic E-state index is 12.5. The molecule has 0 bridgehead atoms. The molecule has 1 aliphatic heterocycles. The Morgan fingerprint density at radius 3 is 2.59 bits per heavy atom. The molecule has 0 aliphatic carbocycles. The van der Waals surface area contributed by atoms with Crippen molar-refractivity contribution in [2.45, 2.75) is 38.4 Å². The molecule has 2 aromatic heterocycles. The van der Waals surface area contributed by atoms with Crippen LogP contribution in [-0.4, -0.2) is 90.4 Å². The lowest BCUT2D eigenvalue weighted by molar-refractivity contribution is -0.0506. The quantitative estimate of drug-likeness (QED) is 0.283. The number of nitrogens with zero attached hydrogens (tertiary/aromatic N) is 6. The summed E-state index contributed by atoms with van der Waals surface area (Å²) in [6, 6.07) is 0. The van der Waals surface area contributed by atoms with E-state index in [9.17, 15) is 24.9 Å². The Labute approximate surface area is 165 Å². The lowest BCUT2D eigenvalue weighted by Crippen LogP contribution is -2.33. The zero-order chi connectivity index (χ0) is 21.1. The van der Waals surface area contributed by atoms with E-state index in [2.05, 4.69) is 19.9 Å². The van der Waals surface area contributed by atoms with Crippen LogP contribution in [-0.2, 0) is 4.74 Å². The maximum absolute atomic E-state index is 12.5. The second kappa shape index (κ2) is 8.69. The van der Waals surface area contributed by atoms with Gasteiger partial charge in [0.25, 0.3) is 0 Å². The Hall–Kier alpha value is -2.80. The van der Waals surface area contributed by atoms with Crippen LogP contribution in [0.15, 0.2) is 16.0 Å². The van der Waals surface area contributed by atoms with Crippen molar-refractivity contribution in [3.8, 4) is 0 Å². The molecule has 3 N–H and O–H groups in total. The van der Waals surface area contributed by atoms with Gasteiger partial charge in [-0.1, -0.05) is 0 Å². The molecular formula is C17H22N6O6. The van der Waals surface area contributed by atoms with Gasteiger partial charge in [0.2, 0.25) is 5.95 Å². The van der Waals surface area contributed by atoms with Crippen molar-refractivity contribution in [1.29, 1.82) is 0 Å². The van der Waals surface area contributed by atoms with Gasteiger partial charge in [-0.25, -0.2) is 15.0 Å². The second-order valence-corrected chi connectivity index (χ2v) is 6.37. The third kappa shape index (κ3) is 3.87. The number of aliphatic hydroxyl groups is 3. The van der Waals surface area contributed by atoms with Crippen LogP contribution in [0.1, 0.15) is 30.6 Å². The van der Waals surface area contributed by atoms with Crippen LogP contribution in [0.3, 0.4) is 0 Å². The molecule has 0 radical (unpaired) electrons. The minimum absolute atomic E-state index is 0.0304. The van der Waals surface area contributed by atoms with Crippen LogP contribution in [0.2, 0.25) is 0 Å². The number of fused-ring (bicyclic) bond motifs is 1. The number of aliphatic hydroxyl groups excluding tert-OH is 3. The summed E-state index contributed by atoms with van der Waals surface area (Å²) in [4.78, 5) is 41.5. The molecule has 3 rings (SSSR count). The summed E-state index contributed by atoms with van der Waals surface area (Å²) < 4.78 is 6.80. The largest absolute Gasteiger partial charge is 0.394 e. The fraction of sp³-hybridized carbons (Fsp3) is 0.529.